The van der Waals surface area contributed by atoms with Crippen LogP contribution in [0.4, 0.5) is 0 Å². The zero-order valence-corrected chi connectivity index (χ0v) is 10.9. The third kappa shape index (κ3) is 3.18. The Bertz CT molecular complexity index is 328. The fraction of sp³-hybridized carbons (Fsp3) is 0.455. The standard InChI is InChI=1S/C11H15BrClNO/c1-2-7(6-14)11(15)8-3-4-9(12)10(13)5-8/h3-5,7,11,15H,2,6,14H2,1H3. The van der Waals surface area contributed by atoms with Crippen molar-refractivity contribution in [3.05, 3.63) is 33.3 Å². The lowest BCUT2D eigenvalue weighted by Gasteiger charge is -2.20. The van der Waals surface area contributed by atoms with Gasteiger partial charge in [-0.15, -0.1) is 0 Å². The number of nitrogens with two attached hydrogens (primary N) is 1. The quantitative estimate of drug-likeness (QED) is 0.895. The summed E-state index contributed by atoms with van der Waals surface area (Å²) in [5.74, 6) is 0.0854. The predicted octanol–water partition coefficient (Wildman–Crippen LogP) is 3.12. The highest BCUT2D eigenvalue weighted by Crippen LogP contribution is 2.29. The third-order valence-corrected chi connectivity index (χ3v) is 3.79. The molecule has 0 heterocycles. The van der Waals surface area contributed by atoms with Crippen molar-refractivity contribution in [2.75, 3.05) is 6.54 Å². The van der Waals surface area contributed by atoms with E-state index in [4.69, 9.17) is 17.3 Å². The van der Waals surface area contributed by atoms with Gasteiger partial charge in [0.25, 0.3) is 0 Å². The summed E-state index contributed by atoms with van der Waals surface area (Å²) in [7, 11) is 0. The van der Waals surface area contributed by atoms with Crippen LogP contribution in [0.1, 0.15) is 25.0 Å². The summed E-state index contributed by atoms with van der Waals surface area (Å²) in [4.78, 5) is 0. The van der Waals surface area contributed by atoms with Crippen molar-refractivity contribution in [2.45, 2.75) is 19.4 Å². The molecular weight excluding hydrogens is 277 g/mol. The van der Waals surface area contributed by atoms with Gasteiger partial charge < -0.3 is 10.8 Å². The summed E-state index contributed by atoms with van der Waals surface area (Å²) in [6, 6.07) is 5.47. The van der Waals surface area contributed by atoms with E-state index in [0.717, 1.165) is 16.5 Å². The van der Waals surface area contributed by atoms with Gasteiger partial charge in [0, 0.05) is 10.4 Å². The highest BCUT2D eigenvalue weighted by atomic mass is 79.9. The van der Waals surface area contributed by atoms with Crippen molar-refractivity contribution in [2.24, 2.45) is 11.7 Å². The van der Waals surface area contributed by atoms with Gasteiger partial charge in [-0.1, -0.05) is 24.6 Å². The Kier molecular flexibility index (Phi) is 5.06. The van der Waals surface area contributed by atoms with Gasteiger partial charge >= 0.3 is 0 Å². The zero-order valence-electron chi connectivity index (χ0n) is 8.58. The number of hydrogen-bond acceptors (Lipinski definition) is 2. The van der Waals surface area contributed by atoms with Gasteiger partial charge in [-0.05, 0) is 46.6 Å². The van der Waals surface area contributed by atoms with Crippen molar-refractivity contribution in [1.82, 2.24) is 0 Å². The maximum atomic E-state index is 10.0. The van der Waals surface area contributed by atoms with E-state index < -0.39 is 6.10 Å². The Hall–Kier alpha value is -0.0900. The molecule has 1 rings (SSSR count). The molecule has 84 valence electrons. The van der Waals surface area contributed by atoms with Gasteiger partial charge in [0.15, 0.2) is 0 Å². The van der Waals surface area contributed by atoms with Crippen LogP contribution in [0.15, 0.2) is 22.7 Å². The third-order valence-electron chi connectivity index (χ3n) is 2.56. The molecule has 0 aliphatic heterocycles. The first kappa shape index (κ1) is 13.0. The predicted molar refractivity (Wildman–Crippen MR) is 66.9 cm³/mol. The number of benzene rings is 1. The van der Waals surface area contributed by atoms with Crippen LogP contribution in [0.25, 0.3) is 0 Å². The summed E-state index contributed by atoms with van der Waals surface area (Å²) in [5.41, 5.74) is 6.41. The van der Waals surface area contributed by atoms with Crippen molar-refractivity contribution in [3.63, 3.8) is 0 Å². The normalized spacial score (nSPS) is 15.0. The van der Waals surface area contributed by atoms with Gasteiger partial charge in [-0.2, -0.15) is 0 Å². The molecule has 1 aromatic rings. The van der Waals surface area contributed by atoms with Crippen LogP contribution in [0, 0.1) is 5.92 Å². The lowest BCUT2D eigenvalue weighted by atomic mass is 9.94. The number of aliphatic hydroxyl groups excluding tert-OH is 1. The molecule has 0 saturated heterocycles. The Morgan fingerprint density at radius 1 is 1.53 bits per heavy atom. The van der Waals surface area contributed by atoms with Crippen LogP contribution < -0.4 is 5.73 Å². The van der Waals surface area contributed by atoms with Crippen LogP contribution in [-0.4, -0.2) is 11.7 Å². The highest BCUT2D eigenvalue weighted by molar-refractivity contribution is 9.10. The molecule has 2 nitrogen and oxygen atoms in total. The maximum absolute atomic E-state index is 10.0. The van der Waals surface area contributed by atoms with E-state index in [1.807, 2.05) is 19.1 Å². The minimum Gasteiger partial charge on any atom is -0.388 e. The van der Waals surface area contributed by atoms with Crippen LogP contribution in [0.3, 0.4) is 0 Å². The van der Waals surface area contributed by atoms with E-state index in [1.54, 1.807) is 6.07 Å². The average Bonchev–Trinajstić information content (AvgIpc) is 2.23. The lowest BCUT2D eigenvalue weighted by Crippen LogP contribution is -2.21. The first-order valence-electron chi connectivity index (χ1n) is 4.93. The van der Waals surface area contributed by atoms with Crippen molar-refractivity contribution in [1.29, 1.82) is 0 Å². The van der Waals surface area contributed by atoms with Crippen molar-refractivity contribution >= 4 is 27.5 Å². The summed E-state index contributed by atoms with van der Waals surface area (Å²) in [6.07, 6.45) is 0.316. The molecule has 0 bridgehead atoms. The number of halogens is 2. The van der Waals surface area contributed by atoms with Crippen LogP contribution in [0.5, 0.6) is 0 Å². The van der Waals surface area contributed by atoms with E-state index in [2.05, 4.69) is 15.9 Å². The van der Waals surface area contributed by atoms with Gasteiger partial charge in [-0.25, -0.2) is 0 Å². The fourth-order valence-electron chi connectivity index (χ4n) is 1.49. The first-order valence-corrected chi connectivity index (χ1v) is 6.10. The van der Waals surface area contributed by atoms with E-state index in [-0.39, 0.29) is 5.92 Å². The lowest BCUT2D eigenvalue weighted by molar-refractivity contribution is 0.110. The molecule has 0 aliphatic carbocycles. The highest BCUT2D eigenvalue weighted by Gasteiger charge is 2.18. The molecule has 0 aliphatic rings. The second-order valence-corrected chi connectivity index (χ2v) is 4.78. The molecule has 0 saturated carbocycles. The molecule has 3 N–H and O–H groups in total. The minimum atomic E-state index is -0.536. The SMILES string of the molecule is CCC(CN)C(O)c1ccc(Br)c(Cl)c1. The zero-order chi connectivity index (χ0) is 11.4. The second-order valence-electron chi connectivity index (χ2n) is 3.52. The Labute approximate surface area is 104 Å². The van der Waals surface area contributed by atoms with Gasteiger partial charge in [0.2, 0.25) is 0 Å². The van der Waals surface area contributed by atoms with Gasteiger partial charge in [0.1, 0.15) is 0 Å². The average molecular weight is 293 g/mol. The fourth-order valence-corrected chi connectivity index (χ4v) is 1.92. The van der Waals surface area contributed by atoms with Crippen LogP contribution >= 0.6 is 27.5 Å². The van der Waals surface area contributed by atoms with Gasteiger partial charge in [-0.3, -0.25) is 0 Å². The summed E-state index contributed by atoms with van der Waals surface area (Å²) < 4.78 is 0.834. The Balaban J connectivity index is 2.90. The summed E-state index contributed by atoms with van der Waals surface area (Å²) in [6.45, 7) is 2.49. The van der Waals surface area contributed by atoms with E-state index in [9.17, 15) is 5.11 Å². The maximum Gasteiger partial charge on any atom is 0.0830 e. The molecule has 15 heavy (non-hydrogen) atoms. The first-order chi connectivity index (χ1) is 7.10. The monoisotopic (exact) mass is 291 g/mol. The van der Waals surface area contributed by atoms with E-state index in [1.165, 1.54) is 0 Å². The Morgan fingerprint density at radius 2 is 2.20 bits per heavy atom. The topological polar surface area (TPSA) is 46.2 Å². The molecule has 0 radical (unpaired) electrons. The number of rotatable bonds is 4. The molecule has 0 aromatic heterocycles. The van der Waals surface area contributed by atoms with Gasteiger partial charge in [0.05, 0.1) is 11.1 Å². The number of aliphatic hydroxyl groups is 1. The Morgan fingerprint density at radius 3 is 2.67 bits per heavy atom. The van der Waals surface area contributed by atoms with Crippen molar-refractivity contribution < 1.29 is 5.11 Å². The second kappa shape index (κ2) is 5.85. The van der Waals surface area contributed by atoms with Crippen LogP contribution in [-0.2, 0) is 0 Å². The number of hydrogen-bond donors (Lipinski definition) is 2. The largest absolute Gasteiger partial charge is 0.388 e. The van der Waals surface area contributed by atoms with Crippen molar-refractivity contribution in [3.8, 4) is 0 Å². The molecule has 4 heteroatoms. The molecule has 0 spiro atoms. The molecular formula is C11H15BrClNO. The van der Waals surface area contributed by atoms with E-state index >= 15 is 0 Å². The molecule has 1 aromatic carbocycles. The minimum absolute atomic E-state index is 0.0854. The smallest absolute Gasteiger partial charge is 0.0830 e. The molecule has 0 amide bonds. The molecule has 2 unspecified atom stereocenters. The molecule has 0 fully saturated rings. The molecule has 2 atom stereocenters. The van der Waals surface area contributed by atoms with E-state index in [0.29, 0.717) is 11.6 Å². The summed E-state index contributed by atoms with van der Waals surface area (Å²) in [5, 5.41) is 10.7. The summed E-state index contributed by atoms with van der Waals surface area (Å²) >= 11 is 9.27. The van der Waals surface area contributed by atoms with Crippen LogP contribution in [0.2, 0.25) is 5.02 Å².